The molecule has 0 aliphatic carbocycles. The number of carbonyl (C=O) groups is 2. The average Bonchev–Trinajstić information content (AvgIpc) is 3.11. The average molecular weight is 369 g/mol. The molecule has 1 aliphatic rings. The van der Waals surface area contributed by atoms with Gasteiger partial charge in [0.05, 0.1) is 12.8 Å². The zero-order valence-corrected chi connectivity index (χ0v) is 14.9. The molecule has 0 spiro atoms. The number of nitrogens with one attached hydrogen (secondary N) is 2. The van der Waals surface area contributed by atoms with Gasteiger partial charge in [0.2, 0.25) is 6.79 Å². The van der Waals surface area contributed by atoms with Crippen LogP contribution in [0.5, 0.6) is 17.2 Å². The number of phenolic OH excluding ortho intramolecular Hbond substituents is 1. The Morgan fingerprint density at radius 3 is 2.59 bits per heavy atom. The molecule has 2 amide bonds. The lowest BCUT2D eigenvalue weighted by molar-refractivity contribution is -0.120. The molecule has 0 saturated carbocycles. The van der Waals surface area contributed by atoms with E-state index in [2.05, 4.69) is 15.8 Å². The SMILES string of the molecule is Cc1cc(/C=N/NC(=O)CNC(=O)c2ccc3c(c2)OCO3)cc(C)c1O. The Morgan fingerprint density at radius 1 is 1.15 bits per heavy atom. The Bertz CT molecular complexity index is 901. The molecule has 0 atom stereocenters. The first kappa shape index (κ1) is 18.2. The van der Waals surface area contributed by atoms with Gasteiger partial charge < -0.3 is 19.9 Å². The van der Waals surface area contributed by atoms with Gasteiger partial charge in [-0.05, 0) is 60.9 Å². The summed E-state index contributed by atoms with van der Waals surface area (Å²) in [7, 11) is 0. The number of amides is 2. The van der Waals surface area contributed by atoms with Crippen molar-refractivity contribution in [3.05, 3.63) is 52.6 Å². The molecule has 0 unspecified atom stereocenters. The molecule has 1 aliphatic heterocycles. The van der Waals surface area contributed by atoms with E-state index in [-0.39, 0.29) is 19.1 Å². The van der Waals surface area contributed by atoms with Gasteiger partial charge in [-0.1, -0.05) is 0 Å². The van der Waals surface area contributed by atoms with Gasteiger partial charge in [0.1, 0.15) is 5.75 Å². The second kappa shape index (κ2) is 7.77. The zero-order valence-electron chi connectivity index (χ0n) is 14.9. The van der Waals surface area contributed by atoms with E-state index in [1.165, 1.54) is 6.21 Å². The molecule has 0 bridgehead atoms. The fraction of sp³-hybridized carbons (Fsp3) is 0.211. The number of benzene rings is 2. The number of hydrogen-bond acceptors (Lipinski definition) is 6. The molecule has 8 heteroatoms. The van der Waals surface area contributed by atoms with Crippen LogP contribution in [0.4, 0.5) is 0 Å². The fourth-order valence-electron chi connectivity index (χ4n) is 2.58. The minimum absolute atomic E-state index is 0.126. The number of aryl methyl sites for hydroxylation is 2. The fourth-order valence-corrected chi connectivity index (χ4v) is 2.58. The molecular weight excluding hydrogens is 350 g/mol. The molecular formula is C19H19N3O5. The number of hydrazone groups is 1. The lowest BCUT2D eigenvalue weighted by Crippen LogP contribution is -2.34. The first-order valence-electron chi connectivity index (χ1n) is 8.24. The second-order valence-electron chi connectivity index (χ2n) is 6.05. The molecule has 140 valence electrons. The van der Waals surface area contributed by atoms with Crippen molar-refractivity contribution in [3.63, 3.8) is 0 Å². The molecule has 0 aromatic heterocycles. The molecule has 3 rings (SSSR count). The highest BCUT2D eigenvalue weighted by atomic mass is 16.7. The van der Waals surface area contributed by atoms with Crippen molar-refractivity contribution < 1.29 is 24.2 Å². The molecule has 0 radical (unpaired) electrons. The largest absolute Gasteiger partial charge is 0.507 e. The predicted molar refractivity (Wildman–Crippen MR) is 98.2 cm³/mol. The first-order valence-corrected chi connectivity index (χ1v) is 8.24. The Hall–Kier alpha value is -3.55. The minimum atomic E-state index is -0.465. The summed E-state index contributed by atoms with van der Waals surface area (Å²) in [5, 5.41) is 16.1. The van der Waals surface area contributed by atoms with Crippen molar-refractivity contribution in [2.24, 2.45) is 5.10 Å². The summed E-state index contributed by atoms with van der Waals surface area (Å²) in [6.45, 7) is 3.47. The van der Waals surface area contributed by atoms with Crippen LogP contribution in [0, 0.1) is 13.8 Å². The zero-order chi connectivity index (χ0) is 19.4. The third kappa shape index (κ3) is 4.35. The number of ether oxygens (including phenoxy) is 2. The highest BCUT2D eigenvalue weighted by Crippen LogP contribution is 2.32. The van der Waals surface area contributed by atoms with E-state index in [4.69, 9.17) is 9.47 Å². The number of carbonyl (C=O) groups excluding carboxylic acids is 2. The number of fused-ring (bicyclic) bond motifs is 1. The molecule has 1 heterocycles. The number of nitrogens with zero attached hydrogens (tertiary/aromatic N) is 1. The summed E-state index contributed by atoms with van der Waals surface area (Å²) in [5.41, 5.74) is 4.89. The number of hydrogen-bond donors (Lipinski definition) is 3. The van der Waals surface area contributed by atoms with E-state index >= 15 is 0 Å². The maximum absolute atomic E-state index is 12.1. The number of rotatable bonds is 5. The monoisotopic (exact) mass is 369 g/mol. The topological polar surface area (TPSA) is 109 Å². The lowest BCUT2D eigenvalue weighted by atomic mass is 10.1. The smallest absolute Gasteiger partial charge is 0.259 e. The third-order valence-electron chi connectivity index (χ3n) is 3.96. The van der Waals surface area contributed by atoms with Crippen LogP contribution in [0.25, 0.3) is 0 Å². The van der Waals surface area contributed by atoms with Crippen LogP contribution in [0.1, 0.15) is 27.0 Å². The van der Waals surface area contributed by atoms with Crippen molar-refractivity contribution in [2.75, 3.05) is 13.3 Å². The van der Waals surface area contributed by atoms with E-state index in [1.54, 1.807) is 44.2 Å². The van der Waals surface area contributed by atoms with Crippen LogP contribution in [-0.2, 0) is 4.79 Å². The van der Waals surface area contributed by atoms with Gasteiger partial charge in [-0.25, -0.2) is 5.43 Å². The van der Waals surface area contributed by atoms with Crippen molar-refractivity contribution in [1.82, 2.24) is 10.7 Å². The van der Waals surface area contributed by atoms with Gasteiger partial charge in [0, 0.05) is 5.56 Å². The summed E-state index contributed by atoms with van der Waals surface area (Å²) in [6, 6.07) is 8.29. The maximum Gasteiger partial charge on any atom is 0.259 e. The molecule has 0 fully saturated rings. The normalized spacial score (nSPS) is 12.2. The minimum Gasteiger partial charge on any atom is -0.507 e. The Balaban J connectivity index is 1.50. The van der Waals surface area contributed by atoms with Crippen LogP contribution in [0.3, 0.4) is 0 Å². The molecule has 27 heavy (non-hydrogen) atoms. The highest BCUT2D eigenvalue weighted by molar-refractivity contribution is 5.97. The molecule has 2 aromatic carbocycles. The Labute approximate surface area is 155 Å². The van der Waals surface area contributed by atoms with Gasteiger partial charge >= 0.3 is 0 Å². The standard InChI is InChI=1S/C19H19N3O5/c1-11-5-13(6-12(2)18(11)24)8-21-22-17(23)9-20-19(25)14-3-4-15-16(7-14)27-10-26-15/h3-8,24H,9-10H2,1-2H3,(H,20,25)(H,22,23)/b21-8+. The summed E-state index contributed by atoms with van der Waals surface area (Å²) in [4.78, 5) is 23.9. The molecule has 8 nitrogen and oxygen atoms in total. The van der Waals surface area contributed by atoms with Crippen molar-refractivity contribution in [1.29, 1.82) is 0 Å². The highest BCUT2D eigenvalue weighted by Gasteiger charge is 2.16. The van der Waals surface area contributed by atoms with Gasteiger partial charge in [-0.3, -0.25) is 9.59 Å². The van der Waals surface area contributed by atoms with Crippen molar-refractivity contribution >= 4 is 18.0 Å². The van der Waals surface area contributed by atoms with E-state index in [9.17, 15) is 14.7 Å². The van der Waals surface area contributed by atoms with E-state index in [0.717, 1.165) is 16.7 Å². The molecule has 0 saturated heterocycles. The first-order chi connectivity index (χ1) is 12.9. The lowest BCUT2D eigenvalue weighted by Gasteiger charge is -2.06. The maximum atomic E-state index is 12.1. The van der Waals surface area contributed by atoms with Crippen LogP contribution in [0.2, 0.25) is 0 Å². The van der Waals surface area contributed by atoms with Crippen LogP contribution in [0.15, 0.2) is 35.4 Å². The van der Waals surface area contributed by atoms with Gasteiger partial charge in [0.15, 0.2) is 11.5 Å². The quantitative estimate of drug-likeness (QED) is 0.548. The Kier molecular flexibility index (Phi) is 5.25. The summed E-state index contributed by atoms with van der Waals surface area (Å²) in [5.74, 6) is 0.446. The predicted octanol–water partition coefficient (Wildman–Crippen LogP) is 1.62. The van der Waals surface area contributed by atoms with E-state index < -0.39 is 11.8 Å². The van der Waals surface area contributed by atoms with Crippen LogP contribution >= 0.6 is 0 Å². The van der Waals surface area contributed by atoms with Gasteiger partial charge in [-0.15, -0.1) is 0 Å². The van der Waals surface area contributed by atoms with E-state index in [1.807, 2.05) is 0 Å². The molecule has 2 aromatic rings. The number of aromatic hydroxyl groups is 1. The number of phenols is 1. The van der Waals surface area contributed by atoms with Gasteiger partial charge in [-0.2, -0.15) is 5.10 Å². The summed E-state index contributed by atoms with van der Waals surface area (Å²) < 4.78 is 10.4. The van der Waals surface area contributed by atoms with Crippen LogP contribution in [-0.4, -0.2) is 36.5 Å². The summed E-state index contributed by atoms with van der Waals surface area (Å²) >= 11 is 0. The van der Waals surface area contributed by atoms with Crippen molar-refractivity contribution in [3.8, 4) is 17.2 Å². The van der Waals surface area contributed by atoms with Crippen molar-refractivity contribution in [2.45, 2.75) is 13.8 Å². The third-order valence-corrected chi connectivity index (χ3v) is 3.96. The molecule has 3 N–H and O–H groups in total. The van der Waals surface area contributed by atoms with E-state index in [0.29, 0.717) is 17.1 Å². The second-order valence-corrected chi connectivity index (χ2v) is 6.05. The van der Waals surface area contributed by atoms with Crippen LogP contribution < -0.4 is 20.2 Å². The summed E-state index contributed by atoms with van der Waals surface area (Å²) in [6.07, 6.45) is 1.47. The van der Waals surface area contributed by atoms with Gasteiger partial charge in [0.25, 0.3) is 11.8 Å². The Morgan fingerprint density at radius 2 is 1.85 bits per heavy atom.